The van der Waals surface area contributed by atoms with E-state index in [0.717, 1.165) is 14.6 Å². The largest absolute Gasteiger partial charge is 0.444 e. The van der Waals surface area contributed by atoms with Gasteiger partial charge in [0.25, 0.3) is 0 Å². The van der Waals surface area contributed by atoms with Gasteiger partial charge in [-0.25, -0.2) is 14.8 Å². The van der Waals surface area contributed by atoms with Gasteiger partial charge < -0.3 is 14.6 Å². The molecule has 26 heavy (non-hydrogen) atoms. The van der Waals surface area contributed by atoms with Crippen LogP contribution in [0.15, 0.2) is 25.2 Å². The van der Waals surface area contributed by atoms with Crippen molar-refractivity contribution in [3.8, 4) is 0 Å². The van der Waals surface area contributed by atoms with Crippen LogP contribution >= 0.6 is 46.8 Å². The molecule has 142 valence electrons. The standard InChI is InChI=1S/C17H22ClIN4O2S/c1-6-17(5,22-15(24)25-16(2,3)4)11(26)8-23-7-10(19)12-13(18)20-9-21-14(12)23/h6-7,9,11,26H,1,8H2,2-5H3,(H,22,24)/t11?,17-/m1/s1. The van der Waals surface area contributed by atoms with Crippen LogP contribution in [0, 0.1) is 3.57 Å². The second-order valence-corrected chi connectivity index (χ2v) is 9.27. The van der Waals surface area contributed by atoms with Crippen LogP contribution in [0.5, 0.6) is 0 Å². The fourth-order valence-electron chi connectivity index (χ4n) is 2.35. The molecule has 0 spiro atoms. The minimum Gasteiger partial charge on any atom is -0.444 e. The molecule has 0 bridgehead atoms. The summed E-state index contributed by atoms with van der Waals surface area (Å²) in [6, 6.07) is 0. The average Bonchev–Trinajstić information content (AvgIpc) is 2.82. The van der Waals surface area contributed by atoms with E-state index in [1.165, 1.54) is 6.33 Å². The number of hydrogen-bond acceptors (Lipinski definition) is 5. The van der Waals surface area contributed by atoms with Gasteiger partial charge in [0.15, 0.2) is 0 Å². The monoisotopic (exact) mass is 508 g/mol. The van der Waals surface area contributed by atoms with Crippen molar-refractivity contribution in [3.05, 3.63) is 33.9 Å². The summed E-state index contributed by atoms with van der Waals surface area (Å²) in [5.74, 6) is 0. The number of aromatic nitrogens is 3. The molecule has 2 aromatic rings. The molecule has 2 rings (SSSR count). The molecule has 0 fully saturated rings. The molecule has 2 heterocycles. The summed E-state index contributed by atoms with van der Waals surface area (Å²) in [6.07, 6.45) is 4.51. The van der Waals surface area contributed by atoms with Gasteiger partial charge in [-0.1, -0.05) is 17.7 Å². The van der Waals surface area contributed by atoms with Gasteiger partial charge in [0, 0.05) is 21.6 Å². The maximum atomic E-state index is 12.2. The van der Waals surface area contributed by atoms with Crippen LogP contribution < -0.4 is 5.32 Å². The number of carbonyl (C=O) groups excluding carboxylic acids is 1. The summed E-state index contributed by atoms with van der Waals surface area (Å²) in [7, 11) is 0. The maximum Gasteiger partial charge on any atom is 0.408 e. The fourth-order valence-corrected chi connectivity index (χ4v) is 3.92. The van der Waals surface area contributed by atoms with Crippen molar-refractivity contribution in [3.63, 3.8) is 0 Å². The third kappa shape index (κ3) is 4.83. The van der Waals surface area contributed by atoms with Crippen LogP contribution in [0.4, 0.5) is 4.79 Å². The van der Waals surface area contributed by atoms with Crippen molar-refractivity contribution in [1.29, 1.82) is 0 Å². The van der Waals surface area contributed by atoms with Gasteiger partial charge in [-0.05, 0) is 50.3 Å². The van der Waals surface area contributed by atoms with Crippen LogP contribution in [-0.2, 0) is 11.3 Å². The summed E-state index contributed by atoms with van der Waals surface area (Å²) in [5.41, 5.74) is -0.652. The lowest BCUT2D eigenvalue weighted by Gasteiger charge is -2.34. The summed E-state index contributed by atoms with van der Waals surface area (Å²) in [5, 5.41) is 3.78. The average molecular weight is 509 g/mol. The number of thiol groups is 1. The molecule has 0 radical (unpaired) electrons. The molecule has 0 aliphatic carbocycles. The highest BCUT2D eigenvalue weighted by Gasteiger charge is 2.33. The van der Waals surface area contributed by atoms with Crippen LogP contribution in [0.3, 0.4) is 0 Å². The van der Waals surface area contributed by atoms with E-state index >= 15 is 0 Å². The van der Waals surface area contributed by atoms with Gasteiger partial charge in [-0.2, -0.15) is 12.6 Å². The first kappa shape index (κ1) is 21.3. The summed E-state index contributed by atoms with van der Waals surface area (Å²) < 4.78 is 8.24. The molecule has 1 amide bonds. The molecule has 0 aliphatic heterocycles. The molecule has 2 atom stereocenters. The Balaban J connectivity index is 2.24. The summed E-state index contributed by atoms with van der Waals surface area (Å²) in [6.45, 7) is 11.6. The lowest BCUT2D eigenvalue weighted by atomic mass is 9.97. The zero-order valence-electron chi connectivity index (χ0n) is 15.1. The molecule has 0 aliphatic rings. The highest BCUT2D eigenvalue weighted by Crippen LogP contribution is 2.28. The SMILES string of the molecule is C=C[C@@](C)(NC(=O)OC(C)(C)C)C(S)Cn1cc(I)c2c(Cl)ncnc21. The van der Waals surface area contributed by atoms with E-state index in [2.05, 4.69) is 44.5 Å². The molecule has 2 aromatic heterocycles. The molecule has 0 aromatic carbocycles. The lowest BCUT2D eigenvalue weighted by Crippen LogP contribution is -2.53. The highest BCUT2D eigenvalue weighted by molar-refractivity contribution is 14.1. The highest BCUT2D eigenvalue weighted by atomic mass is 127. The first-order chi connectivity index (χ1) is 12.0. The number of amides is 1. The molecule has 9 heteroatoms. The Morgan fingerprint density at radius 2 is 2.15 bits per heavy atom. The number of ether oxygens (including phenoxy) is 1. The van der Waals surface area contributed by atoms with E-state index in [1.54, 1.807) is 6.08 Å². The minimum absolute atomic E-state index is 0.285. The van der Waals surface area contributed by atoms with Crippen LogP contribution in [0.1, 0.15) is 27.7 Å². The normalized spacial score (nSPS) is 15.3. The van der Waals surface area contributed by atoms with E-state index in [-0.39, 0.29) is 5.25 Å². The molecule has 1 unspecified atom stereocenters. The third-order valence-electron chi connectivity index (χ3n) is 3.82. The predicted molar refractivity (Wildman–Crippen MR) is 116 cm³/mol. The Morgan fingerprint density at radius 1 is 1.50 bits per heavy atom. The van der Waals surface area contributed by atoms with Crippen LogP contribution in [0.25, 0.3) is 11.0 Å². The zero-order chi connectivity index (χ0) is 19.7. The topological polar surface area (TPSA) is 69.0 Å². The van der Waals surface area contributed by atoms with Gasteiger partial charge in [0.05, 0.1) is 10.9 Å². The predicted octanol–water partition coefficient (Wildman–Crippen LogP) is 4.46. The van der Waals surface area contributed by atoms with Gasteiger partial charge in [-0.3, -0.25) is 0 Å². The number of halogens is 2. The molecule has 6 nitrogen and oxygen atoms in total. The Labute approximate surface area is 177 Å². The van der Waals surface area contributed by atoms with Crippen molar-refractivity contribution in [2.45, 2.75) is 50.6 Å². The molecular weight excluding hydrogens is 487 g/mol. The van der Waals surface area contributed by atoms with E-state index in [4.69, 9.17) is 29.0 Å². The molecule has 0 saturated carbocycles. The molecular formula is C17H22ClIN4O2S. The number of carbonyl (C=O) groups is 1. The summed E-state index contributed by atoms with van der Waals surface area (Å²) in [4.78, 5) is 20.5. The Kier molecular flexibility index (Phi) is 6.50. The summed E-state index contributed by atoms with van der Waals surface area (Å²) >= 11 is 13.1. The van der Waals surface area contributed by atoms with Crippen LogP contribution in [-0.4, -0.2) is 37.0 Å². The van der Waals surface area contributed by atoms with E-state index in [1.807, 2.05) is 38.5 Å². The number of rotatable bonds is 5. The number of fused-ring (bicyclic) bond motifs is 1. The second-order valence-electron chi connectivity index (χ2n) is 7.12. The lowest BCUT2D eigenvalue weighted by molar-refractivity contribution is 0.0482. The maximum absolute atomic E-state index is 12.2. The zero-order valence-corrected chi connectivity index (χ0v) is 18.9. The fraction of sp³-hybridized carbons (Fsp3) is 0.471. The Bertz CT molecular complexity index is 836. The minimum atomic E-state index is -0.787. The van der Waals surface area contributed by atoms with E-state index in [0.29, 0.717) is 11.7 Å². The number of nitrogens with zero attached hydrogens (tertiary/aromatic N) is 3. The Morgan fingerprint density at radius 3 is 2.73 bits per heavy atom. The van der Waals surface area contributed by atoms with E-state index in [9.17, 15) is 4.79 Å². The van der Waals surface area contributed by atoms with Gasteiger partial charge in [-0.15, -0.1) is 6.58 Å². The van der Waals surface area contributed by atoms with Crippen molar-refractivity contribution < 1.29 is 9.53 Å². The molecule has 1 N–H and O–H groups in total. The second kappa shape index (κ2) is 7.93. The van der Waals surface area contributed by atoms with Gasteiger partial charge in [0.2, 0.25) is 0 Å². The third-order valence-corrected chi connectivity index (χ3v) is 5.62. The van der Waals surface area contributed by atoms with Crippen molar-refractivity contribution in [2.24, 2.45) is 0 Å². The van der Waals surface area contributed by atoms with Crippen molar-refractivity contribution >= 4 is 63.9 Å². The quantitative estimate of drug-likeness (QED) is 0.271. The number of hydrogen-bond donors (Lipinski definition) is 2. The first-order valence-electron chi connectivity index (χ1n) is 7.94. The number of nitrogens with one attached hydrogen (secondary N) is 1. The van der Waals surface area contributed by atoms with Crippen molar-refractivity contribution in [1.82, 2.24) is 19.9 Å². The number of alkyl carbamates (subject to hydrolysis) is 1. The van der Waals surface area contributed by atoms with Gasteiger partial charge >= 0.3 is 6.09 Å². The van der Waals surface area contributed by atoms with Crippen LogP contribution in [0.2, 0.25) is 5.15 Å². The first-order valence-corrected chi connectivity index (χ1v) is 9.92. The smallest absolute Gasteiger partial charge is 0.408 e. The molecule has 0 saturated heterocycles. The van der Waals surface area contributed by atoms with Crippen molar-refractivity contribution in [2.75, 3.05) is 0 Å². The van der Waals surface area contributed by atoms with E-state index < -0.39 is 17.2 Å². The Hall–Kier alpha value is -1.00. The van der Waals surface area contributed by atoms with Gasteiger partial charge in [0.1, 0.15) is 22.7 Å².